The van der Waals surface area contributed by atoms with Gasteiger partial charge in [-0.05, 0) is 12.5 Å². The van der Waals surface area contributed by atoms with Crippen molar-refractivity contribution in [1.29, 1.82) is 0 Å². The number of thioether (sulfide) groups is 1. The van der Waals surface area contributed by atoms with Crippen LogP contribution in [0.4, 0.5) is 17.5 Å². The van der Waals surface area contributed by atoms with Crippen LogP contribution in [0.2, 0.25) is 0 Å². The summed E-state index contributed by atoms with van der Waals surface area (Å²) in [5.74, 6) is 1.15. The first-order valence-electron chi connectivity index (χ1n) is 7.37. The van der Waals surface area contributed by atoms with Crippen molar-refractivity contribution in [3.8, 4) is 0 Å². The number of nitrogen functional groups attached to an aromatic ring is 2. The second-order valence-electron chi connectivity index (χ2n) is 5.22. The van der Waals surface area contributed by atoms with Gasteiger partial charge in [-0.15, -0.1) is 0 Å². The molecule has 25 heavy (non-hydrogen) atoms. The Morgan fingerprint density at radius 2 is 1.84 bits per heavy atom. The Labute approximate surface area is 148 Å². The van der Waals surface area contributed by atoms with Gasteiger partial charge >= 0.3 is 0 Å². The molecule has 0 spiro atoms. The molecule has 2 heterocycles. The van der Waals surface area contributed by atoms with Crippen LogP contribution in [-0.2, 0) is 4.79 Å². The number of aromatic nitrogens is 3. The van der Waals surface area contributed by atoms with E-state index in [0.29, 0.717) is 16.7 Å². The summed E-state index contributed by atoms with van der Waals surface area (Å²) in [7, 11) is 0. The number of nitrogens with one attached hydrogen (secondary N) is 1. The van der Waals surface area contributed by atoms with E-state index in [2.05, 4.69) is 20.4 Å². The van der Waals surface area contributed by atoms with Gasteiger partial charge in [0.2, 0.25) is 5.91 Å². The van der Waals surface area contributed by atoms with E-state index in [4.69, 9.17) is 16.0 Å². The van der Waals surface area contributed by atoms with Gasteiger partial charge in [0.25, 0.3) is 0 Å². The Hall–Kier alpha value is -3.07. The number of aryl methyl sites for hydroxylation is 1. The van der Waals surface area contributed by atoms with Crippen LogP contribution in [0.3, 0.4) is 0 Å². The van der Waals surface area contributed by atoms with Crippen molar-refractivity contribution in [3.63, 3.8) is 0 Å². The van der Waals surface area contributed by atoms with Crippen molar-refractivity contribution >= 4 is 35.1 Å². The van der Waals surface area contributed by atoms with E-state index in [1.54, 1.807) is 13.0 Å². The van der Waals surface area contributed by atoms with E-state index in [1.807, 2.05) is 30.3 Å². The molecule has 3 rings (SSSR count). The number of hydrogen-bond donors (Lipinski definition) is 3. The lowest BCUT2D eigenvalue weighted by molar-refractivity contribution is -0.115. The van der Waals surface area contributed by atoms with Gasteiger partial charge in [-0.1, -0.05) is 47.3 Å². The number of amides is 1. The molecular formula is C16H16N6O2S. The molecule has 1 amide bonds. The molecule has 0 aliphatic heterocycles. The van der Waals surface area contributed by atoms with Crippen LogP contribution in [0.25, 0.3) is 0 Å². The predicted octanol–water partition coefficient (Wildman–Crippen LogP) is 2.41. The van der Waals surface area contributed by atoms with Gasteiger partial charge in [-0.2, -0.15) is 0 Å². The molecule has 3 aromatic rings. The van der Waals surface area contributed by atoms with Crippen LogP contribution in [-0.4, -0.2) is 21.0 Å². The molecule has 1 atom stereocenters. The number of carbonyl (C=O) groups is 1. The van der Waals surface area contributed by atoms with Crippen molar-refractivity contribution in [1.82, 2.24) is 15.1 Å². The molecule has 1 aromatic carbocycles. The largest absolute Gasteiger partial charge is 0.383 e. The number of anilines is 3. The van der Waals surface area contributed by atoms with Crippen molar-refractivity contribution in [3.05, 3.63) is 53.8 Å². The summed E-state index contributed by atoms with van der Waals surface area (Å²) >= 11 is 1.15. The van der Waals surface area contributed by atoms with Crippen molar-refractivity contribution in [2.75, 3.05) is 16.8 Å². The third-order valence-corrected chi connectivity index (χ3v) is 4.30. The molecule has 128 valence electrons. The van der Waals surface area contributed by atoms with Crippen LogP contribution in [0.5, 0.6) is 0 Å². The normalized spacial score (nSPS) is 11.9. The highest BCUT2D eigenvalue weighted by Gasteiger charge is 2.24. The number of hydrogen-bond acceptors (Lipinski definition) is 8. The van der Waals surface area contributed by atoms with Crippen molar-refractivity contribution < 1.29 is 9.32 Å². The lowest BCUT2D eigenvalue weighted by Gasteiger charge is -2.15. The zero-order chi connectivity index (χ0) is 17.8. The first kappa shape index (κ1) is 16.8. The first-order valence-corrected chi connectivity index (χ1v) is 8.25. The summed E-state index contributed by atoms with van der Waals surface area (Å²) in [6, 6.07) is 12.4. The standard InChI is InChI=1S/C16H16N6O2S/c1-9-7-13(22-24-9)21-15(23)14(10-5-3-2-4-6-10)25-16-19-11(17)8-12(18)20-16/h2-8,14H,1H3,(H,21,22,23)(H4,17,18,19,20). The minimum atomic E-state index is -0.612. The summed E-state index contributed by atoms with van der Waals surface area (Å²) in [5.41, 5.74) is 12.2. The zero-order valence-corrected chi connectivity index (χ0v) is 14.2. The quantitative estimate of drug-likeness (QED) is 0.469. The van der Waals surface area contributed by atoms with Crippen LogP contribution in [0.1, 0.15) is 16.6 Å². The average molecular weight is 356 g/mol. The maximum absolute atomic E-state index is 12.8. The van der Waals surface area contributed by atoms with E-state index in [1.165, 1.54) is 6.07 Å². The summed E-state index contributed by atoms with van der Waals surface area (Å²) < 4.78 is 4.97. The van der Waals surface area contributed by atoms with E-state index in [-0.39, 0.29) is 17.5 Å². The highest BCUT2D eigenvalue weighted by molar-refractivity contribution is 8.00. The summed E-state index contributed by atoms with van der Waals surface area (Å²) in [5, 5.41) is 6.21. The van der Waals surface area contributed by atoms with Crippen LogP contribution >= 0.6 is 11.8 Å². The lowest BCUT2D eigenvalue weighted by atomic mass is 10.1. The molecule has 5 N–H and O–H groups in total. The average Bonchev–Trinajstić information content (AvgIpc) is 2.97. The summed E-state index contributed by atoms with van der Waals surface area (Å²) in [6.07, 6.45) is 0. The second kappa shape index (κ2) is 7.22. The number of nitrogens with two attached hydrogens (primary N) is 2. The number of benzene rings is 1. The second-order valence-corrected chi connectivity index (χ2v) is 6.29. The molecule has 0 saturated heterocycles. The molecule has 2 aromatic heterocycles. The molecule has 8 nitrogen and oxygen atoms in total. The molecule has 0 aliphatic rings. The van der Waals surface area contributed by atoms with E-state index >= 15 is 0 Å². The number of nitrogens with zero attached hydrogens (tertiary/aromatic N) is 3. The number of carbonyl (C=O) groups excluding carboxylic acids is 1. The summed E-state index contributed by atoms with van der Waals surface area (Å²) in [4.78, 5) is 21.0. The van der Waals surface area contributed by atoms with Crippen molar-refractivity contribution in [2.45, 2.75) is 17.3 Å². The van der Waals surface area contributed by atoms with Gasteiger partial charge in [0.05, 0.1) is 0 Å². The Kier molecular flexibility index (Phi) is 4.85. The highest BCUT2D eigenvalue weighted by atomic mass is 32.2. The lowest BCUT2D eigenvalue weighted by Crippen LogP contribution is -2.19. The van der Waals surface area contributed by atoms with Crippen molar-refractivity contribution in [2.24, 2.45) is 0 Å². The molecule has 0 fully saturated rings. The Balaban J connectivity index is 1.88. The molecule has 1 unspecified atom stereocenters. The van der Waals surface area contributed by atoms with Gasteiger partial charge < -0.3 is 21.3 Å². The highest BCUT2D eigenvalue weighted by Crippen LogP contribution is 2.35. The van der Waals surface area contributed by atoms with E-state index in [9.17, 15) is 4.79 Å². The maximum atomic E-state index is 12.8. The fourth-order valence-corrected chi connectivity index (χ4v) is 3.12. The SMILES string of the molecule is Cc1cc(NC(=O)C(Sc2nc(N)cc(N)n2)c2ccccc2)no1. The van der Waals surface area contributed by atoms with Crippen LogP contribution in [0, 0.1) is 6.92 Å². The minimum Gasteiger partial charge on any atom is -0.383 e. The Morgan fingerprint density at radius 1 is 1.16 bits per heavy atom. The fraction of sp³-hybridized carbons (Fsp3) is 0.125. The zero-order valence-electron chi connectivity index (χ0n) is 13.3. The van der Waals surface area contributed by atoms with Gasteiger partial charge in [0.1, 0.15) is 22.6 Å². The predicted molar refractivity (Wildman–Crippen MR) is 95.8 cm³/mol. The summed E-state index contributed by atoms with van der Waals surface area (Å²) in [6.45, 7) is 1.75. The Morgan fingerprint density at radius 3 is 2.44 bits per heavy atom. The molecule has 0 aliphatic carbocycles. The Bertz CT molecular complexity index is 863. The number of rotatable bonds is 5. The van der Waals surface area contributed by atoms with Gasteiger partial charge in [-0.25, -0.2) is 9.97 Å². The van der Waals surface area contributed by atoms with E-state index in [0.717, 1.165) is 17.3 Å². The third-order valence-electron chi connectivity index (χ3n) is 3.19. The minimum absolute atomic E-state index is 0.245. The van der Waals surface area contributed by atoms with Gasteiger partial charge in [-0.3, -0.25) is 4.79 Å². The van der Waals surface area contributed by atoms with E-state index < -0.39 is 5.25 Å². The first-order chi connectivity index (χ1) is 12.0. The van der Waals surface area contributed by atoms with Gasteiger partial charge in [0.15, 0.2) is 11.0 Å². The van der Waals surface area contributed by atoms with Crippen LogP contribution < -0.4 is 16.8 Å². The van der Waals surface area contributed by atoms with Crippen LogP contribution in [0.15, 0.2) is 52.1 Å². The monoisotopic (exact) mass is 356 g/mol. The fourth-order valence-electron chi connectivity index (χ4n) is 2.14. The topological polar surface area (TPSA) is 133 Å². The molecule has 0 saturated carbocycles. The smallest absolute Gasteiger partial charge is 0.243 e. The maximum Gasteiger partial charge on any atom is 0.243 e. The molecule has 0 radical (unpaired) electrons. The molecular weight excluding hydrogens is 340 g/mol. The third kappa shape index (κ3) is 4.27. The molecule has 0 bridgehead atoms. The molecule has 9 heteroatoms. The van der Waals surface area contributed by atoms with Gasteiger partial charge in [0, 0.05) is 12.1 Å².